The van der Waals surface area contributed by atoms with Gasteiger partial charge in [0.05, 0.1) is 0 Å². The van der Waals surface area contributed by atoms with Crippen molar-refractivity contribution in [3.63, 3.8) is 0 Å². The number of halogens is 2. The van der Waals surface area contributed by atoms with Gasteiger partial charge >= 0.3 is 0 Å². The Morgan fingerprint density at radius 1 is 0.929 bits per heavy atom. The molecule has 3 rings (SSSR count). The maximum absolute atomic E-state index is 6.58. The Bertz CT molecular complexity index is 690. The van der Waals surface area contributed by atoms with Gasteiger partial charge in [-0.3, -0.25) is 4.90 Å². The summed E-state index contributed by atoms with van der Waals surface area (Å²) in [5, 5.41) is 0.330. The molecule has 0 spiro atoms. The first kappa shape index (κ1) is 21.7. The molecule has 28 heavy (non-hydrogen) atoms. The highest BCUT2D eigenvalue weighted by molar-refractivity contribution is 6.24. The molecule has 0 bridgehead atoms. The fourth-order valence-corrected chi connectivity index (χ4v) is 5.51. The molecule has 0 N–H and O–H groups in total. The van der Waals surface area contributed by atoms with Gasteiger partial charge in [0, 0.05) is 29.3 Å². The van der Waals surface area contributed by atoms with Crippen LogP contribution in [0.15, 0.2) is 54.6 Å². The summed E-state index contributed by atoms with van der Waals surface area (Å²) in [6.07, 6.45) is 6.75. The molecule has 1 aliphatic carbocycles. The Kier molecular flexibility index (Phi) is 8.26. The average molecular weight is 418 g/mol. The van der Waals surface area contributed by atoms with Gasteiger partial charge in [0.15, 0.2) is 0 Å². The van der Waals surface area contributed by atoms with Crippen molar-refractivity contribution in [2.24, 2.45) is 0 Å². The fraction of sp³-hybridized carbons (Fsp3) is 0.520. The van der Waals surface area contributed by atoms with Crippen molar-refractivity contribution >= 4 is 23.2 Å². The molecule has 2 aromatic carbocycles. The number of hydrogen-bond donors (Lipinski definition) is 0. The van der Waals surface area contributed by atoms with Gasteiger partial charge in [-0.05, 0) is 55.8 Å². The van der Waals surface area contributed by atoms with E-state index >= 15 is 0 Å². The van der Waals surface area contributed by atoms with Gasteiger partial charge < -0.3 is 0 Å². The molecule has 0 heterocycles. The van der Waals surface area contributed by atoms with Gasteiger partial charge in [0.25, 0.3) is 0 Å². The third-order valence-corrected chi connectivity index (χ3v) is 7.22. The first-order valence-corrected chi connectivity index (χ1v) is 11.6. The van der Waals surface area contributed by atoms with Crippen molar-refractivity contribution in [1.29, 1.82) is 0 Å². The quantitative estimate of drug-likeness (QED) is 0.417. The largest absolute Gasteiger partial charge is 0.299 e. The number of alkyl halides is 2. The summed E-state index contributed by atoms with van der Waals surface area (Å²) in [5.41, 5.74) is 4.09. The predicted octanol–water partition coefficient (Wildman–Crippen LogP) is 7.01. The first-order chi connectivity index (χ1) is 13.6. The number of aryl methyl sites for hydroxylation is 1. The number of hydrogen-bond acceptors (Lipinski definition) is 1. The van der Waals surface area contributed by atoms with Gasteiger partial charge in [-0.15, -0.1) is 23.2 Å². The molecule has 1 nitrogen and oxygen atoms in total. The van der Waals surface area contributed by atoms with E-state index in [1.807, 2.05) is 0 Å². The van der Waals surface area contributed by atoms with Crippen LogP contribution in [0.5, 0.6) is 0 Å². The van der Waals surface area contributed by atoms with Crippen molar-refractivity contribution < 1.29 is 0 Å². The molecule has 3 heteroatoms. The SMILES string of the molecule is CCC(CCc1ccc(C2C(Cl)CCCC2Cl)cc1)N(C)Cc1ccccc1. The lowest BCUT2D eigenvalue weighted by molar-refractivity contribution is 0.216. The molecule has 0 aromatic heterocycles. The van der Waals surface area contributed by atoms with E-state index in [0.717, 1.165) is 32.2 Å². The monoisotopic (exact) mass is 417 g/mol. The summed E-state index contributed by atoms with van der Waals surface area (Å²) >= 11 is 13.2. The highest BCUT2D eigenvalue weighted by Gasteiger charge is 2.32. The Hall–Kier alpha value is -1.02. The molecule has 1 fully saturated rings. The van der Waals surface area contributed by atoms with E-state index in [9.17, 15) is 0 Å². The highest BCUT2D eigenvalue weighted by atomic mass is 35.5. The number of nitrogens with zero attached hydrogens (tertiary/aromatic N) is 1. The van der Waals surface area contributed by atoms with Gasteiger partial charge in [-0.1, -0.05) is 67.9 Å². The van der Waals surface area contributed by atoms with Crippen molar-refractivity contribution in [2.75, 3.05) is 7.05 Å². The zero-order valence-corrected chi connectivity index (χ0v) is 18.7. The van der Waals surface area contributed by atoms with Crippen molar-refractivity contribution in [3.8, 4) is 0 Å². The summed E-state index contributed by atoms with van der Waals surface area (Å²) in [4.78, 5) is 2.49. The zero-order valence-electron chi connectivity index (χ0n) is 17.2. The Balaban J connectivity index is 1.55. The van der Waals surface area contributed by atoms with E-state index in [0.29, 0.717) is 6.04 Å². The van der Waals surface area contributed by atoms with Crippen LogP contribution in [0.3, 0.4) is 0 Å². The molecular formula is C25H33Cl2N. The van der Waals surface area contributed by atoms with E-state index in [1.165, 1.54) is 29.5 Å². The third kappa shape index (κ3) is 5.75. The van der Waals surface area contributed by atoms with E-state index in [1.54, 1.807) is 0 Å². The lowest BCUT2D eigenvalue weighted by atomic mass is 9.83. The smallest absolute Gasteiger partial charge is 0.0418 e. The fourth-order valence-electron chi connectivity index (χ4n) is 4.49. The van der Waals surface area contributed by atoms with Crippen LogP contribution in [0.25, 0.3) is 0 Å². The van der Waals surface area contributed by atoms with E-state index < -0.39 is 0 Å². The van der Waals surface area contributed by atoms with Crippen LogP contribution in [-0.2, 0) is 13.0 Å². The second-order valence-electron chi connectivity index (χ2n) is 8.23. The normalized spacial score (nSPS) is 23.7. The minimum absolute atomic E-state index is 0.165. The first-order valence-electron chi connectivity index (χ1n) is 10.7. The average Bonchev–Trinajstić information content (AvgIpc) is 2.70. The Labute approximate surface area is 181 Å². The van der Waals surface area contributed by atoms with E-state index in [4.69, 9.17) is 23.2 Å². The van der Waals surface area contributed by atoms with Gasteiger partial charge in [-0.2, -0.15) is 0 Å². The molecule has 0 aliphatic heterocycles. The van der Waals surface area contributed by atoms with Crippen LogP contribution < -0.4 is 0 Å². The Morgan fingerprint density at radius 3 is 2.18 bits per heavy atom. The Morgan fingerprint density at radius 2 is 1.57 bits per heavy atom. The van der Waals surface area contributed by atoms with Gasteiger partial charge in [-0.25, -0.2) is 0 Å². The molecule has 1 aliphatic rings. The predicted molar refractivity (Wildman–Crippen MR) is 123 cm³/mol. The van der Waals surface area contributed by atoms with E-state index in [2.05, 4.69) is 73.5 Å². The lowest BCUT2D eigenvalue weighted by Gasteiger charge is -2.32. The van der Waals surface area contributed by atoms with Crippen LogP contribution in [-0.4, -0.2) is 28.7 Å². The summed E-state index contributed by atoms with van der Waals surface area (Å²) in [7, 11) is 2.24. The van der Waals surface area contributed by atoms with Crippen molar-refractivity contribution in [1.82, 2.24) is 4.90 Å². The summed E-state index contributed by atoms with van der Waals surface area (Å²) in [6.45, 7) is 3.30. The third-order valence-electron chi connectivity index (χ3n) is 6.24. The molecule has 3 atom stereocenters. The number of benzene rings is 2. The molecule has 3 unspecified atom stereocenters. The highest BCUT2D eigenvalue weighted by Crippen LogP contribution is 2.39. The maximum Gasteiger partial charge on any atom is 0.0418 e. The minimum atomic E-state index is 0.165. The number of rotatable bonds is 8. The minimum Gasteiger partial charge on any atom is -0.299 e. The van der Waals surface area contributed by atoms with Crippen molar-refractivity contribution in [2.45, 2.75) is 74.7 Å². The summed E-state index contributed by atoms with van der Waals surface area (Å²) in [5.74, 6) is 0.284. The van der Waals surface area contributed by atoms with Crippen LogP contribution in [0, 0.1) is 0 Å². The second kappa shape index (κ2) is 10.7. The molecular weight excluding hydrogens is 385 g/mol. The van der Waals surface area contributed by atoms with Gasteiger partial charge in [0.2, 0.25) is 0 Å². The topological polar surface area (TPSA) is 3.24 Å². The molecule has 2 aromatic rings. The van der Waals surface area contributed by atoms with E-state index in [-0.39, 0.29) is 16.7 Å². The zero-order chi connectivity index (χ0) is 19.9. The van der Waals surface area contributed by atoms with Crippen LogP contribution >= 0.6 is 23.2 Å². The molecule has 1 saturated carbocycles. The lowest BCUT2D eigenvalue weighted by Crippen LogP contribution is -2.31. The summed E-state index contributed by atoms with van der Waals surface area (Å²) < 4.78 is 0. The molecule has 0 radical (unpaired) electrons. The van der Waals surface area contributed by atoms with Crippen LogP contribution in [0.4, 0.5) is 0 Å². The molecule has 0 amide bonds. The molecule has 152 valence electrons. The van der Waals surface area contributed by atoms with Crippen molar-refractivity contribution in [3.05, 3.63) is 71.3 Å². The summed E-state index contributed by atoms with van der Waals surface area (Å²) in [6, 6.07) is 20.4. The van der Waals surface area contributed by atoms with Crippen LogP contribution in [0.1, 0.15) is 61.6 Å². The van der Waals surface area contributed by atoms with Crippen LogP contribution in [0.2, 0.25) is 0 Å². The van der Waals surface area contributed by atoms with Gasteiger partial charge in [0.1, 0.15) is 0 Å². The molecule has 0 saturated heterocycles. The standard InChI is InChI=1S/C25H33Cl2N/c1-3-22(28(2)18-20-8-5-4-6-9-20)17-14-19-12-15-21(16-13-19)25-23(26)10-7-11-24(25)27/h4-6,8-9,12-13,15-16,22-25H,3,7,10-11,14,17-18H2,1-2H3. The maximum atomic E-state index is 6.58. The second-order valence-corrected chi connectivity index (χ2v) is 9.35.